The van der Waals surface area contributed by atoms with E-state index in [0.29, 0.717) is 0 Å². The van der Waals surface area contributed by atoms with Crippen LogP contribution in [0.1, 0.15) is 69.5 Å². The largest absolute Gasteiger partial charge is 0.261 e. The predicted molar refractivity (Wildman–Crippen MR) is 136 cm³/mol. The number of benzene rings is 1. The molecule has 2 heterocycles. The van der Waals surface area contributed by atoms with Crippen molar-refractivity contribution in [1.82, 2.24) is 4.98 Å². The molecule has 3 aromatic rings. The van der Waals surface area contributed by atoms with E-state index in [9.17, 15) is 0 Å². The van der Waals surface area contributed by atoms with E-state index in [1.54, 1.807) is 0 Å². The van der Waals surface area contributed by atoms with Gasteiger partial charge in [0.05, 0.1) is 0 Å². The molecule has 1 aromatic carbocycles. The van der Waals surface area contributed by atoms with Crippen LogP contribution in [0.15, 0.2) is 67.1 Å². The lowest BCUT2D eigenvalue weighted by Gasteiger charge is -1.90. The van der Waals surface area contributed by atoms with Crippen molar-refractivity contribution in [2.24, 2.45) is 7.05 Å². The molecule has 2 nitrogen and oxygen atoms in total. The molecule has 2 aromatic heterocycles. The van der Waals surface area contributed by atoms with Crippen molar-refractivity contribution < 1.29 is 4.57 Å². The second kappa shape index (κ2) is 22.8. The summed E-state index contributed by atoms with van der Waals surface area (Å²) in [5, 5.41) is 0. The lowest BCUT2D eigenvalue weighted by atomic mass is 10.2. The van der Waals surface area contributed by atoms with E-state index in [1.807, 2.05) is 91.7 Å². The number of aromatic nitrogens is 2. The van der Waals surface area contributed by atoms with Crippen LogP contribution in [0.3, 0.4) is 0 Å². The highest BCUT2D eigenvalue weighted by Gasteiger charge is 1.86. The van der Waals surface area contributed by atoms with Gasteiger partial charge in [-0.3, -0.25) is 4.98 Å². The minimum atomic E-state index is 1.08. The maximum atomic E-state index is 4.08. The van der Waals surface area contributed by atoms with Crippen LogP contribution < -0.4 is 4.57 Å². The monoisotopic (exact) mass is 411 g/mol. The number of hydrogen-bond donors (Lipinski definition) is 0. The molecule has 168 valence electrons. The Hall–Kier alpha value is -2.48. The summed E-state index contributed by atoms with van der Waals surface area (Å²) in [7, 11) is 2.01. The number of pyridine rings is 2. The van der Waals surface area contributed by atoms with E-state index >= 15 is 0 Å². The van der Waals surface area contributed by atoms with E-state index in [-0.39, 0.29) is 0 Å². The topological polar surface area (TPSA) is 16.8 Å². The zero-order chi connectivity index (χ0) is 23.9. The smallest absolute Gasteiger partial charge is 0.168 e. The minimum Gasteiger partial charge on any atom is -0.261 e. The fourth-order valence-corrected chi connectivity index (χ4v) is 1.75. The van der Waals surface area contributed by atoms with Crippen molar-refractivity contribution in [2.75, 3.05) is 0 Å². The zero-order valence-electron chi connectivity index (χ0n) is 21.7. The number of aryl methyl sites for hydroxylation is 6. The molecule has 0 bridgehead atoms. The van der Waals surface area contributed by atoms with Crippen molar-refractivity contribution in [3.8, 4) is 0 Å². The molecule has 2 heteroatoms. The van der Waals surface area contributed by atoms with Crippen LogP contribution in [0.4, 0.5) is 0 Å². The molecule has 30 heavy (non-hydrogen) atoms. The Morgan fingerprint density at radius 2 is 0.833 bits per heavy atom. The van der Waals surface area contributed by atoms with Crippen molar-refractivity contribution in [2.45, 2.75) is 76.2 Å². The molecule has 0 saturated carbocycles. The average Bonchev–Trinajstić information content (AvgIpc) is 2.79. The Balaban J connectivity index is -0.000000323. The van der Waals surface area contributed by atoms with Gasteiger partial charge in [0.1, 0.15) is 7.05 Å². The van der Waals surface area contributed by atoms with Crippen LogP contribution in [0, 0.1) is 34.6 Å². The molecule has 0 unspecified atom stereocenters. The highest BCUT2D eigenvalue weighted by Crippen LogP contribution is 1.99. The van der Waals surface area contributed by atoms with Crippen molar-refractivity contribution in [3.05, 3.63) is 95.1 Å². The summed E-state index contributed by atoms with van der Waals surface area (Å²) >= 11 is 0. The summed E-state index contributed by atoms with van der Waals surface area (Å²) < 4.78 is 2.02. The van der Waals surface area contributed by atoms with Gasteiger partial charge in [-0.25, -0.2) is 4.57 Å². The van der Waals surface area contributed by atoms with Gasteiger partial charge < -0.3 is 0 Å². The van der Waals surface area contributed by atoms with Crippen LogP contribution >= 0.6 is 0 Å². The third-order valence-electron chi connectivity index (χ3n) is 3.42. The molecule has 0 amide bonds. The van der Waals surface area contributed by atoms with E-state index in [0.717, 1.165) is 5.69 Å². The predicted octanol–water partition coefficient (Wildman–Crippen LogP) is 7.90. The van der Waals surface area contributed by atoms with Crippen molar-refractivity contribution in [1.29, 1.82) is 0 Å². The molecule has 0 fully saturated rings. The SMILES string of the molecule is CC.CC.CC.Cc1cc[n+](C)cc1.Cc1ccc(C)cc1.Cc1ccc(C)nc1. The van der Waals surface area contributed by atoms with Gasteiger partial charge in [0, 0.05) is 24.0 Å². The van der Waals surface area contributed by atoms with Crippen molar-refractivity contribution in [3.63, 3.8) is 0 Å². The first-order valence-corrected chi connectivity index (χ1v) is 11.2. The Labute approximate surface area is 188 Å². The molecule has 0 aliphatic rings. The second-order valence-corrected chi connectivity index (χ2v) is 6.17. The van der Waals surface area contributed by atoms with Gasteiger partial charge in [0.15, 0.2) is 12.4 Å². The lowest BCUT2D eigenvalue weighted by Crippen LogP contribution is -2.25. The van der Waals surface area contributed by atoms with E-state index in [2.05, 4.69) is 68.2 Å². The zero-order valence-corrected chi connectivity index (χ0v) is 21.7. The molecule has 0 saturated heterocycles. The van der Waals surface area contributed by atoms with Gasteiger partial charge >= 0.3 is 0 Å². The number of rotatable bonds is 0. The summed E-state index contributed by atoms with van der Waals surface area (Å²) in [5.41, 5.74) is 6.26. The fourth-order valence-electron chi connectivity index (χ4n) is 1.75. The first-order valence-electron chi connectivity index (χ1n) is 11.2. The van der Waals surface area contributed by atoms with Crippen LogP contribution in [0.5, 0.6) is 0 Å². The van der Waals surface area contributed by atoms with Crippen LogP contribution in [-0.4, -0.2) is 4.98 Å². The average molecular weight is 412 g/mol. The van der Waals surface area contributed by atoms with Crippen LogP contribution in [0.25, 0.3) is 0 Å². The Morgan fingerprint density at radius 1 is 0.500 bits per heavy atom. The Kier molecular flexibility index (Phi) is 24.5. The summed E-state index contributed by atoms with van der Waals surface area (Å²) in [5.74, 6) is 0. The highest BCUT2D eigenvalue weighted by molar-refractivity contribution is 5.19. The molecule has 0 aliphatic heterocycles. The van der Waals surface area contributed by atoms with Gasteiger partial charge in [-0.15, -0.1) is 0 Å². The van der Waals surface area contributed by atoms with Gasteiger partial charge in [0.2, 0.25) is 0 Å². The Bertz CT molecular complexity index is 531. The third-order valence-corrected chi connectivity index (χ3v) is 3.42. The maximum absolute atomic E-state index is 4.08. The molecule has 0 N–H and O–H groups in total. The van der Waals surface area contributed by atoms with Crippen molar-refractivity contribution >= 4 is 0 Å². The maximum Gasteiger partial charge on any atom is 0.168 e. The van der Waals surface area contributed by atoms with Crippen LogP contribution in [0.2, 0.25) is 0 Å². The van der Waals surface area contributed by atoms with Gasteiger partial charge in [-0.2, -0.15) is 0 Å². The van der Waals surface area contributed by atoms with Gasteiger partial charge in [0.25, 0.3) is 0 Å². The molecule has 0 spiro atoms. The normalized spacial score (nSPS) is 8.00. The van der Waals surface area contributed by atoms with Gasteiger partial charge in [-0.1, -0.05) is 83.0 Å². The molecule has 0 radical (unpaired) electrons. The molecule has 3 rings (SSSR count). The number of hydrogen-bond acceptors (Lipinski definition) is 1. The molecular weight excluding hydrogens is 364 g/mol. The highest BCUT2D eigenvalue weighted by atomic mass is 14.9. The standard InChI is InChI=1S/C8H10.C7H10N.C7H9N.3C2H6/c2*1-7-3-5-8(2)6-4-7;1-6-3-4-7(2)8-5-6;3*1-2/h2*3-6H,1-2H3;3-5H,1-2H3;3*1-2H3/q;+1;;;;. The minimum absolute atomic E-state index is 1.08. The fraction of sp³-hybridized carbons (Fsp3) is 0.429. The third kappa shape index (κ3) is 20.3. The first kappa shape index (κ1) is 32.2. The van der Waals surface area contributed by atoms with E-state index in [1.165, 1.54) is 22.3 Å². The van der Waals surface area contributed by atoms with E-state index < -0.39 is 0 Å². The summed E-state index contributed by atoms with van der Waals surface area (Å²) in [6.07, 6.45) is 5.94. The van der Waals surface area contributed by atoms with Crippen LogP contribution in [-0.2, 0) is 7.05 Å². The molecule has 0 atom stereocenters. The molecule has 0 aliphatic carbocycles. The summed E-state index contributed by atoms with van der Waals surface area (Å²) in [4.78, 5) is 4.08. The number of nitrogens with zero attached hydrogens (tertiary/aromatic N) is 2. The molecular formula is C28H47N2+. The Morgan fingerprint density at radius 3 is 1.10 bits per heavy atom. The lowest BCUT2D eigenvalue weighted by molar-refractivity contribution is -0.671. The van der Waals surface area contributed by atoms with Gasteiger partial charge in [-0.05, 0) is 51.8 Å². The summed E-state index contributed by atoms with van der Waals surface area (Å²) in [6.45, 7) is 22.3. The first-order chi connectivity index (χ1) is 14.4. The second-order valence-electron chi connectivity index (χ2n) is 6.17. The van der Waals surface area contributed by atoms with E-state index in [4.69, 9.17) is 0 Å². The quantitative estimate of drug-likeness (QED) is 0.343. The summed E-state index contributed by atoms with van der Waals surface area (Å²) in [6, 6.07) is 16.7.